The van der Waals surface area contributed by atoms with E-state index in [-0.39, 0.29) is 0 Å². The summed E-state index contributed by atoms with van der Waals surface area (Å²) in [6, 6.07) is 2.12. The number of nitrogens with zero attached hydrogens (tertiary/aromatic N) is 2. The predicted molar refractivity (Wildman–Crippen MR) is 73.0 cm³/mol. The molecule has 3 nitrogen and oxygen atoms in total. The summed E-state index contributed by atoms with van der Waals surface area (Å²) in [5, 5.41) is 7.75. The van der Waals surface area contributed by atoms with Gasteiger partial charge in [-0.25, -0.2) is 0 Å². The summed E-state index contributed by atoms with van der Waals surface area (Å²) in [6.45, 7) is 9.13. The third kappa shape index (κ3) is 4.90. The van der Waals surface area contributed by atoms with Crippen molar-refractivity contribution < 1.29 is 0 Å². The third-order valence-electron chi connectivity index (χ3n) is 3.47. The zero-order valence-corrected chi connectivity index (χ0v) is 11.7. The lowest BCUT2D eigenvalue weighted by Gasteiger charge is -2.21. The van der Waals surface area contributed by atoms with Crippen molar-refractivity contribution in [1.82, 2.24) is 15.1 Å². The van der Waals surface area contributed by atoms with Gasteiger partial charge in [-0.2, -0.15) is 5.10 Å². The summed E-state index contributed by atoms with van der Waals surface area (Å²) >= 11 is 0. The lowest BCUT2D eigenvalue weighted by Crippen LogP contribution is -2.27. The van der Waals surface area contributed by atoms with E-state index in [1.54, 1.807) is 0 Å². The molecule has 98 valence electrons. The molecule has 0 saturated heterocycles. The van der Waals surface area contributed by atoms with Crippen molar-refractivity contribution >= 4 is 0 Å². The molecule has 1 rings (SSSR count). The Bertz CT molecular complexity index is 304. The minimum absolute atomic E-state index is 0.743. The number of aryl methyl sites for hydroxylation is 2. The summed E-state index contributed by atoms with van der Waals surface area (Å²) in [5.41, 5.74) is 1.34. The van der Waals surface area contributed by atoms with Gasteiger partial charge in [0.15, 0.2) is 0 Å². The van der Waals surface area contributed by atoms with Crippen LogP contribution in [0.15, 0.2) is 12.3 Å². The second kappa shape index (κ2) is 7.49. The fourth-order valence-electron chi connectivity index (χ4n) is 2.12. The quantitative estimate of drug-likeness (QED) is 0.704. The Hall–Kier alpha value is -0.830. The molecule has 0 aromatic carbocycles. The molecule has 0 radical (unpaired) electrons. The molecule has 0 amide bonds. The second-order valence-corrected chi connectivity index (χ2v) is 5.19. The van der Waals surface area contributed by atoms with E-state index in [2.05, 4.69) is 37.3 Å². The molecule has 17 heavy (non-hydrogen) atoms. The van der Waals surface area contributed by atoms with Crippen LogP contribution in [0.2, 0.25) is 0 Å². The molecule has 0 bridgehead atoms. The van der Waals surface area contributed by atoms with Crippen LogP contribution in [0.25, 0.3) is 0 Å². The van der Waals surface area contributed by atoms with Crippen molar-refractivity contribution in [2.75, 3.05) is 13.1 Å². The number of aromatic nitrogens is 2. The third-order valence-corrected chi connectivity index (χ3v) is 3.47. The molecule has 1 unspecified atom stereocenters. The Balaban J connectivity index is 2.36. The van der Waals surface area contributed by atoms with E-state index < -0.39 is 0 Å². The first-order valence-electron chi connectivity index (χ1n) is 6.82. The van der Waals surface area contributed by atoms with Gasteiger partial charge in [-0.3, -0.25) is 4.68 Å². The van der Waals surface area contributed by atoms with E-state index >= 15 is 0 Å². The first kappa shape index (κ1) is 14.2. The van der Waals surface area contributed by atoms with E-state index in [1.165, 1.54) is 18.5 Å². The van der Waals surface area contributed by atoms with Gasteiger partial charge >= 0.3 is 0 Å². The van der Waals surface area contributed by atoms with Crippen LogP contribution in [0.1, 0.15) is 39.3 Å². The van der Waals surface area contributed by atoms with E-state index in [9.17, 15) is 0 Å². The van der Waals surface area contributed by atoms with Crippen LogP contribution in [0.5, 0.6) is 0 Å². The Morgan fingerprint density at radius 1 is 1.41 bits per heavy atom. The lowest BCUT2D eigenvalue weighted by atomic mass is 9.90. The van der Waals surface area contributed by atoms with E-state index in [4.69, 9.17) is 0 Å². The van der Waals surface area contributed by atoms with Gasteiger partial charge in [0.25, 0.3) is 0 Å². The molecule has 1 heterocycles. The molecule has 0 fully saturated rings. The monoisotopic (exact) mass is 237 g/mol. The molecule has 0 aliphatic heterocycles. The van der Waals surface area contributed by atoms with Crippen molar-refractivity contribution in [3.05, 3.63) is 18.0 Å². The molecule has 1 atom stereocenters. The summed E-state index contributed by atoms with van der Waals surface area (Å²) in [4.78, 5) is 0. The zero-order valence-electron chi connectivity index (χ0n) is 11.7. The SMILES string of the molecule is CCCNCC(CCc1ccnn1C)C(C)C. The fraction of sp³-hybridized carbons (Fsp3) is 0.786. The molecule has 0 spiro atoms. The smallest absolute Gasteiger partial charge is 0.0492 e. The van der Waals surface area contributed by atoms with Gasteiger partial charge < -0.3 is 5.32 Å². The van der Waals surface area contributed by atoms with Gasteiger partial charge in [-0.05, 0) is 50.3 Å². The van der Waals surface area contributed by atoms with Gasteiger partial charge in [-0.15, -0.1) is 0 Å². The largest absolute Gasteiger partial charge is 0.316 e. The molecular weight excluding hydrogens is 210 g/mol. The molecule has 0 aliphatic carbocycles. The van der Waals surface area contributed by atoms with Gasteiger partial charge in [-0.1, -0.05) is 20.8 Å². The Morgan fingerprint density at radius 2 is 2.18 bits per heavy atom. The van der Waals surface area contributed by atoms with Crippen molar-refractivity contribution in [3.8, 4) is 0 Å². The van der Waals surface area contributed by atoms with Crippen molar-refractivity contribution in [2.24, 2.45) is 18.9 Å². The van der Waals surface area contributed by atoms with Crippen LogP contribution in [-0.2, 0) is 13.5 Å². The molecule has 1 N–H and O–H groups in total. The molecule has 1 aromatic heterocycles. The first-order chi connectivity index (χ1) is 8.15. The van der Waals surface area contributed by atoms with Crippen LogP contribution < -0.4 is 5.32 Å². The number of hydrogen-bond acceptors (Lipinski definition) is 2. The van der Waals surface area contributed by atoms with Gasteiger partial charge in [0.1, 0.15) is 0 Å². The average molecular weight is 237 g/mol. The fourth-order valence-corrected chi connectivity index (χ4v) is 2.12. The summed E-state index contributed by atoms with van der Waals surface area (Å²) in [7, 11) is 2.02. The minimum Gasteiger partial charge on any atom is -0.316 e. The standard InChI is InChI=1S/C14H27N3/c1-5-9-15-11-13(12(2)3)6-7-14-8-10-16-17(14)4/h8,10,12-13,15H,5-7,9,11H2,1-4H3. The van der Waals surface area contributed by atoms with Crippen LogP contribution in [0.3, 0.4) is 0 Å². The van der Waals surface area contributed by atoms with Gasteiger partial charge in [0, 0.05) is 18.9 Å². The predicted octanol–water partition coefficient (Wildman–Crippen LogP) is 2.62. The summed E-state index contributed by atoms with van der Waals surface area (Å²) < 4.78 is 1.98. The highest BCUT2D eigenvalue weighted by Gasteiger charge is 2.13. The molecule has 0 saturated carbocycles. The summed E-state index contributed by atoms with van der Waals surface area (Å²) in [6.07, 6.45) is 5.47. The maximum Gasteiger partial charge on any atom is 0.0492 e. The number of nitrogens with one attached hydrogen (secondary N) is 1. The Labute approximate surface area is 106 Å². The highest BCUT2D eigenvalue weighted by molar-refractivity contribution is 5.00. The van der Waals surface area contributed by atoms with Crippen LogP contribution in [-0.4, -0.2) is 22.9 Å². The second-order valence-electron chi connectivity index (χ2n) is 5.19. The average Bonchev–Trinajstić information content (AvgIpc) is 2.69. The summed E-state index contributed by atoms with van der Waals surface area (Å²) in [5.74, 6) is 1.50. The van der Waals surface area contributed by atoms with Crippen LogP contribution in [0, 0.1) is 11.8 Å². The van der Waals surface area contributed by atoms with E-state index in [0.29, 0.717) is 0 Å². The zero-order chi connectivity index (χ0) is 12.7. The molecule has 3 heteroatoms. The van der Waals surface area contributed by atoms with Crippen molar-refractivity contribution in [1.29, 1.82) is 0 Å². The highest BCUT2D eigenvalue weighted by Crippen LogP contribution is 2.17. The maximum absolute atomic E-state index is 4.22. The molecular formula is C14H27N3. The number of hydrogen-bond donors (Lipinski definition) is 1. The number of rotatable bonds is 8. The Kier molecular flexibility index (Phi) is 6.27. The van der Waals surface area contributed by atoms with Gasteiger partial charge in [0.05, 0.1) is 0 Å². The minimum atomic E-state index is 0.743. The van der Waals surface area contributed by atoms with E-state index in [1.807, 2.05) is 17.9 Å². The highest BCUT2D eigenvalue weighted by atomic mass is 15.2. The topological polar surface area (TPSA) is 29.9 Å². The van der Waals surface area contributed by atoms with Crippen LogP contribution in [0.4, 0.5) is 0 Å². The first-order valence-corrected chi connectivity index (χ1v) is 6.82. The van der Waals surface area contributed by atoms with E-state index in [0.717, 1.165) is 31.3 Å². The molecule has 0 aliphatic rings. The maximum atomic E-state index is 4.22. The lowest BCUT2D eigenvalue weighted by molar-refractivity contribution is 0.339. The van der Waals surface area contributed by atoms with Crippen LogP contribution >= 0.6 is 0 Å². The molecule has 1 aromatic rings. The van der Waals surface area contributed by atoms with Gasteiger partial charge in [0.2, 0.25) is 0 Å². The Morgan fingerprint density at radius 3 is 2.71 bits per heavy atom. The van der Waals surface area contributed by atoms with Crippen molar-refractivity contribution in [2.45, 2.75) is 40.0 Å². The normalized spacial score (nSPS) is 13.2. The van der Waals surface area contributed by atoms with Crippen molar-refractivity contribution in [3.63, 3.8) is 0 Å².